The van der Waals surface area contributed by atoms with Gasteiger partial charge in [0.05, 0.1) is 40.7 Å². The molecule has 7 rings (SSSR count). The van der Waals surface area contributed by atoms with E-state index in [-0.39, 0.29) is 30.6 Å². The Bertz CT molecular complexity index is 1790. The first kappa shape index (κ1) is 27.2. The lowest BCUT2D eigenvalue weighted by molar-refractivity contribution is -0.144. The second-order valence-electron chi connectivity index (χ2n) is 11.0. The van der Waals surface area contributed by atoms with Gasteiger partial charge in [0, 0.05) is 58.8 Å². The molecule has 0 aromatic carbocycles. The van der Waals surface area contributed by atoms with E-state index in [0.29, 0.717) is 13.1 Å². The molecule has 0 spiro atoms. The number of pyridine rings is 1. The van der Waals surface area contributed by atoms with Crippen LogP contribution in [0.3, 0.4) is 0 Å². The molecule has 1 amide bonds. The van der Waals surface area contributed by atoms with Gasteiger partial charge in [-0.1, -0.05) is 17.3 Å². The average molecular weight is 590 g/mol. The maximum absolute atomic E-state index is 12.7. The van der Waals surface area contributed by atoms with Crippen LogP contribution < -0.4 is 10.2 Å². The zero-order chi connectivity index (χ0) is 28.9. The van der Waals surface area contributed by atoms with E-state index in [1.165, 1.54) is 11.3 Å². The van der Waals surface area contributed by atoms with Gasteiger partial charge in [-0.2, -0.15) is 5.10 Å². The third-order valence-electron chi connectivity index (χ3n) is 7.18. The zero-order valence-corrected chi connectivity index (χ0v) is 24.9. The number of carbonyl (C=O) groups excluding carboxylic acids is 1. The van der Waals surface area contributed by atoms with E-state index in [4.69, 9.17) is 11.4 Å². The van der Waals surface area contributed by atoms with Gasteiger partial charge < -0.3 is 15.1 Å². The molecule has 212 valence electrons. The molecular formula is C28H31N9O2S2. The highest BCUT2D eigenvalue weighted by Crippen LogP contribution is 2.39. The predicted octanol–water partition coefficient (Wildman–Crippen LogP) is 3.23. The summed E-state index contributed by atoms with van der Waals surface area (Å²) in [6, 6.07) is 8.30. The van der Waals surface area contributed by atoms with Crippen LogP contribution >= 0.6 is 11.3 Å². The van der Waals surface area contributed by atoms with E-state index in [9.17, 15) is 9.00 Å². The number of terminal acetylenes is 1. The Hall–Kier alpha value is -4.02. The van der Waals surface area contributed by atoms with Crippen molar-refractivity contribution in [1.29, 1.82) is 0 Å². The first-order chi connectivity index (χ1) is 19.6. The van der Waals surface area contributed by atoms with Gasteiger partial charge >= 0.3 is 0 Å². The number of anilines is 2. The summed E-state index contributed by atoms with van der Waals surface area (Å²) in [6.45, 7) is 5.52. The van der Waals surface area contributed by atoms with Crippen LogP contribution in [-0.4, -0.2) is 90.1 Å². The monoisotopic (exact) mass is 589 g/mol. The minimum absolute atomic E-state index is 0.0303. The molecule has 3 aliphatic heterocycles. The molecule has 2 atom stereocenters. The lowest BCUT2D eigenvalue weighted by Crippen LogP contribution is -2.70. The zero-order valence-electron chi connectivity index (χ0n) is 23.3. The van der Waals surface area contributed by atoms with Crippen LogP contribution in [0, 0.1) is 12.3 Å². The van der Waals surface area contributed by atoms with Crippen LogP contribution in [0.2, 0.25) is 0 Å². The smallest absolute Gasteiger partial charge is 0.245 e. The molecule has 1 N–H and O–H groups in total. The highest BCUT2D eigenvalue weighted by Gasteiger charge is 2.47. The van der Waals surface area contributed by atoms with Gasteiger partial charge in [0.25, 0.3) is 0 Å². The Labute approximate surface area is 243 Å². The maximum atomic E-state index is 12.7. The molecule has 0 aliphatic carbocycles. The highest BCUT2D eigenvalue weighted by atomic mass is 32.2. The van der Waals surface area contributed by atoms with Gasteiger partial charge in [-0.15, -0.1) is 16.6 Å². The van der Waals surface area contributed by atoms with Crippen molar-refractivity contribution >= 4 is 43.3 Å². The van der Waals surface area contributed by atoms with Crippen molar-refractivity contribution in [2.75, 3.05) is 42.4 Å². The second-order valence-corrected chi connectivity index (χ2v) is 14.5. The van der Waals surface area contributed by atoms with Crippen molar-refractivity contribution in [2.45, 2.75) is 38.4 Å². The highest BCUT2D eigenvalue weighted by molar-refractivity contribution is 7.92. The van der Waals surface area contributed by atoms with Gasteiger partial charge in [-0.3, -0.25) is 14.0 Å². The first-order valence-electron chi connectivity index (χ1n) is 13.3. The lowest BCUT2D eigenvalue weighted by Gasteiger charge is -2.56. The second kappa shape index (κ2) is 10.4. The molecule has 0 radical (unpaired) electrons. The minimum Gasteiger partial charge on any atom is -0.382 e. The van der Waals surface area contributed by atoms with E-state index in [2.05, 4.69) is 49.6 Å². The summed E-state index contributed by atoms with van der Waals surface area (Å²) in [6.07, 6.45) is 13.1. The third kappa shape index (κ3) is 5.37. The fourth-order valence-electron chi connectivity index (χ4n) is 5.39. The van der Waals surface area contributed by atoms with E-state index in [0.717, 1.165) is 50.3 Å². The summed E-state index contributed by atoms with van der Waals surface area (Å²) in [4.78, 5) is 21.6. The Morgan fingerprint density at radius 3 is 2.71 bits per heavy atom. The number of piperazine rings is 1. The van der Waals surface area contributed by atoms with Crippen LogP contribution in [0.5, 0.6) is 0 Å². The number of fused-ring (bicyclic) bond motifs is 3. The summed E-state index contributed by atoms with van der Waals surface area (Å²) in [5.74, 6) is 2.57. The largest absolute Gasteiger partial charge is 0.382 e. The minimum atomic E-state index is -2.30. The molecule has 2 bridgehead atoms. The van der Waals surface area contributed by atoms with Crippen molar-refractivity contribution in [3.05, 3.63) is 42.2 Å². The number of hydrogen-bond donors (Lipinski definition) is 1. The molecule has 3 saturated heterocycles. The van der Waals surface area contributed by atoms with Gasteiger partial charge in [0.2, 0.25) is 11.0 Å². The van der Waals surface area contributed by atoms with E-state index in [1.54, 1.807) is 18.7 Å². The average Bonchev–Trinajstić information content (AvgIpc) is 3.59. The normalized spacial score (nSPS) is 18.3. The molecule has 3 aliphatic rings. The number of hydrogen-bond acceptors (Lipinski definition) is 10. The maximum Gasteiger partial charge on any atom is 0.245 e. The Kier molecular flexibility index (Phi) is 6.91. The predicted molar refractivity (Wildman–Crippen MR) is 163 cm³/mol. The molecule has 7 heterocycles. The van der Waals surface area contributed by atoms with E-state index < -0.39 is 9.73 Å². The summed E-state index contributed by atoms with van der Waals surface area (Å²) >= 11 is 1.52. The summed E-state index contributed by atoms with van der Waals surface area (Å²) < 4.78 is 17.8. The molecule has 41 heavy (non-hydrogen) atoms. The SMILES string of the molecule is C#Cc1cnn2c(-c3cc(NC(C)C)c(-c4nnc(N5CC6CC(C5)N6C(=O)CN=S(C)(C)=O)s4)cn3)ccc2c1. The van der Waals surface area contributed by atoms with Crippen molar-refractivity contribution in [3.63, 3.8) is 0 Å². The molecule has 2 unspecified atom stereocenters. The molecule has 11 nitrogen and oxygen atoms in total. The lowest BCUT2D eigenvalue weighted by atomic mass is 9.87. The standard InChI is InChI=1S/C28H31N9O2S2/c1-6-18-9-19-7-8-25(37(19)30-12-18)24-11-23(32-17(2)3)22(13-29-24)27-33-34-28(40-27)35-15-20-10-21(16-35)36(20)26(38)14-31-41(4,5)39/h1,7-9,11-13,17,20-21H,10,14-16H2,2-5H3,(H,29,32). The van der Waals surface area contributed by atoms with Gasteiger partial charge in [-0.25, -0.2) is 8.88 Å². The number of aromatic nitrogens is 5. The molecule has 4 aromatic rings. The number of nitrogens with one attached hydrogen (secondary N) is 1. The first-order valence-corrected chi connectivity index (χ1v) is 16.5. The fraction of sp³-hybridized carbons (Fsp3) is 0.393. The van der Waals surface area contributed by atoms with Crippen molar-refractivity contribution < 1.29 is 9.00 Å². The Morgan fingerprint density at radius 1 is 1.22 bits per heavy atom. The summed E-state index contributed by atoms with van der Waals surface area (Å²) in [5, 5.41) is 18.7. The van der Waals surface area contributed by atoms with Crippen LogP contribution in [0.25, 0.3) is 27.5 Å². The van der Waals surface area contributed by atoms with Crippen LogP contribution in [0.1, 0.15) is 25.8 Å². The fourth-order valence-corrected chi connectivity index (χ4v) is 6.69. The van der Waals surface area contributed by atoms with Gasteiger partial charge in [-0.05, 0) is 44.5 Å². The van der Waals surface area contributed by atoms with Crippen LogP contribution in [-0.2, 0) is 14.5 Å². The number of nitrogens with zero attached hydrogens (tertiary/aromatic N) is 8. The molecule has 0 saturated carbocycles. The van der Waals surface area contributed by atoms with E-state index >= 15 is 0 Å². The van der Waals surface area contributed by atoms with Crippen molar-refractivity contribution in [3.8, 4) is 34.3 Å². The van der Waals surface area contributed by atoms with Crippen LogP contribution in [0.4, 0.5) is 10.8 Å². The Balaban J connectivity index is 1.23. The topological polar surface area (TPSA) is 121 Å². The molecule has 3 fully saturated rings. The number of piperidine rings is 1. The summed E-state index contributed by atoms with van der Waals surface area (Å²) in [7, 11) is -2.30. The quantitative estimate of drug-likeness (QED) is 0.326. The summed E-state index contributed by atoms with van der Waals surface area (Å²) in [5.41, 5.74) is 5.05. The molecule has 13 heteroatoms. The molecule has 4 aromatic heterocycles. The van der Waals surface area contributed by atoms with Crippen LogP contribution in [0.15, 0.2) is 41.0 Å². The Morgan fingerprint density at radius 2 is 2.00 bits per heavy atom. The number of rotatable bonds is 7. The number of carbonyl (C=O) groups is 1. The molecular weight excluding hydrogens is 559 g/mol. The van der Waals surface area contributed by atoms with Crippen molar-refractivity contribution in [2.24, 2.45) is 4.36 Å². The van der Waals surface area contributed by atoms with Crippen molar-refractivity contribution in [1.82, 2.24) is 29.7 Å². The van der Waals surface area contributed by atoms with Gasteiger partial charge in [0.1, 0.15) is 6.54 Å². The van der Waals surface area contributed by atoms with E-state index in [1.807, 2.05) is 39.9 Å². The van der Waals surface area contributed by atoms with Gasteiger partial charge in [0.15, 0.2) is 5.01 Å². The number of amides is 1. The third-order valence-corrected chi connectivity index (χ3v) is 8.95.